The molecule has 0 aliphatic heterocycles. The lowest BCUT2D eigenvalue weighted by atomic mass is 10.1. The van der Waals surface area contributed by atoms with Gasteiger partial charge in [0.2, 0.25) is 0 Å². The summed E-state index contributed by atoms with van der Waals surface area (Å²) in [6.07, 6.45) is 1.73. The van der Waals surface area contributed by atoms with Crippen molar-refractivity contribution >= 4 is 33.3 Å². The zero-order valence-electron chi connectivity index (χ0n) is 7.19. The molecule has 0 aromatic heterocycles. The van der Waals surface area contributed by atoms with Crippen LogP contribution in [0.2, 0.25) is 5.02 Å². The summed E-state index contributed by atoms with van der Waals surface area (Å²) in [5.41, 5.74) is 0.104. The first-order chi connectivity index (χ1) is 6.59. The lowest BCUT2D eigenvalue weighted by molar-refractivity contribution is 0.0963. The fourth-order valence-corrected chi connectivity index (χ4v) is 2.11. The van der Waals surface area contributed by atoms with Gasteiger partial charge in [-0.2, -0.15) is 0 Å². The van der Waals surface area contributed by atoms with Crippen LogP contribution in [0, 0.1) is 11.7 Å². The molecule has 0 N–H and O–H groups in total. The van der Waals surface area contributed by atoms with Gasteiger partial charge in [-0.15, -0.1) is 0 Å². The van der Waals surface area contributed by atoms with Gasteiger partial charge < -0.3 is 0 Å². The van der Waals surface area contributed by atoms with Crippen molar-refractivity contribution < 1.29 is 9.18 Å². The molecule has 1 aliphatic carbocycles. The van der Waals surface area contributed by atoms with Gasteiger partial charge in [0.05, 0.1) is 10.0 Å². The number of halogens is 3. The molecule has 1 aliphatic rings. The SMILES string of the molecule is O=C(c1cc(Cl)cc(Br)c1F)C1CC1. The maximum atomic E-state index is 13.5. The van der Waals surface area contributed by atoms with Crippen LogP contribution < -0.4 is 0 Å². The highest BCUT2D eigenvalue weighted by Gasteiger charge is 2.32. The van der Waals surface area contributed by atoms with Gasteiger partial charge in [-0.3, -0.25) is 4.79 Å². The van der Waals surface area contributed by atoms with Crippen LogP contribution in [0.4, 0.5) is 4.39 Å². The molecule has 0 heterocycles. The summed E-state index contributed by atoms with van der Waals surface area (Å²) in [6, 6.07) is 2.84. The van der Waals surface area contributed by atoms with Crippen LogP contribution in [0.5, 0.6) is 0 Å². The summed E-state index contributed by atoms with van der Waals surface area (Å²) in [5.74, 6) is -0.633. The van der Waals surface area contributed by atoms with E-state index in [1.165, 1.54) is 12.1 Å². The van der Waals surface area contributed by atoms with Gasteiger partial charge in [0.1, 0.15) is 5.82 Å². The Morgan fingerprint density at radius 1 is 1.50 bits per heavy atom. The van der Waals surface area contributed by atoms with E-state index in [0.717, 1.165) is 12.8 Å². The maximum Gasteiger partial charge on any atom is 0.168 e. The molecule has 14 heavy (non-hydrogen) atoms. The highest BCUT2D eigenvalue weighted by Crippen LogP contribution is 2.35. The summed E-state index contributed by atoms with van der Waals surface area (Å²) in [4.78, 5) is 11.6. The molecule has 1 saturated carbocycles. The highest BCUT2D eigenvalue weighted by molar-refractivity contribution is 9.10. The lowest BCUT2D eigenvalue weighted by Crippen LogP contribution is -2.04. The molecule has 0 bridgehead atoms. The molecule has 0 radical (unpaired) electrons. The van der Waals surface area contributed by atoms with Crippen molar-refractivity contribution in [2.45, 2.75) is 12.8 Å². The van der Waals surface area contributed by atoms with Gasteiger partial charge >= 0.3 is 0 Å². The van der Waals surface area contributed by atoms with Gasteiger partial charge in [0, 0.05) is 10.9 Å². The first-order valence-corrected chi connectivity index (χ1v) is 5.45. The van der Waals surface area contributed by atoms with Crippen LogP contribution >= 0.6 is 27.5 Å². The number of carbonyl (C=O) groups is 1. The summed E-state index contributed by atoms with van der Waals surface area (Å²) in [6.45, 7) is 0. The van der Waals surface area contributed by atoms with Crippen LogP contribution in [0.3, 0.4) is 0 Å². The Hall–Kier alpha value is -0.410. The van der Waals surface area contributed by atoms with Crippen molar-refractivity contribution in [3.8, 4) is 0 Å². The van der Waals surface area contributed by atoms with Crippen molar-refractivity contribution in [3.63, 3.8) is 0 Å². The Bertz CT molecular complexity index is 401. The average Bonchev–Trinajstić information content (AvgIpc) is 2.93. The van der Waals surface area contributed by atoms with Gasteiger partial charge in [-0.05, 0) is 40.9 Å². The summed E-state index contributed by atoms with van der Waals surface area (Å²) < 4.78 is 13.7. The zero-order chi connectivity index (χ0) is 10.3. The van der Waals surface area contributed by atoms with E-state index in [0.29, 0.717) is 5.02 Å². The van der Waals surface area contributed by atoms with Crippen molar-refractivity contribution in [1.82, 2.24) is 0 Å². The zero-order valence-corrected chi connectivity index (χ0v) is 9.53. The number of hydrogen-bond acceptors (Lipinski definition) is 1. The number of rotatable bonds is 2. The fourth-order valence-electron chi connectivity index (χ4n) is 1.30. The Balaban J connectivity index is 2.45. The third-order valence-corrected chi connectivity index (χ3v) is 3.00. The number of hydrogen-bond donors (Lipinski definition) is 0. The molecule has 1 aromatic rings. The normalized spacial score (nSPS) is 15.6. The predicted octanol–water partition coefficient (Wildman–Crippen LogP) is 3.83. The van der Waals surface area contributed by atoms with E-state index in [1.54, 1.807) is 0 Å². The molecule has 74 valence electrons. The van der Waals surface area contributed by atoms with Gasteiger partial charge in [-0.1, -0.05) is 11.6 Å². The minimum absolute atomic E-state index is 0.00914. The molecule has 4 heteroatoms. The van der Waals surface area contributed by atoms with Crippen LogP contribution in [0.15, 0.2) is 16.6 Å². The molecule has 1 nitrogen and oxygen atoms in total. The molecule has 2 rings (SSSR count). The van der Waals surface area contributed by atoms with E-state index >= 15 is 0 Å². The molecule has 0 unspecified atom stereocenters. The first kappa shape index (κ1) is 10.1. The monoisotopic (exact) mass is 276 g/mol. The van der Waals surface area contributed by atoms with Crippen LogP contribution in [-0.2, 0) is 0 Å². The van der Waals surface area contributed by atoms with Crippen LogP contribution in [0.1, 0.15) is 23.2 Å². The third kappa shape index (κ3) is 1.84. The quantitative estimate of drug-likeness (QED) is 0.593. The van der Waals surface area contributed by atoms with E-state index in [-0.39, 0.29) is 21.7 Å². The molecule has 1 aromatic carbocycles. The standard InChI is InChI=1S/C10H7BrClFO/c11-8-4-6(12)3-7(9(8)13)10(14)5-1-2-5/h3-5H,1-2H2. The Labute approximate surface area is 94.4 Å². The van der Waals surface area contributed by atoms with E-state index in [1.807, 2.05) is 0 Å². The Morgan fingerprint density at radius 2 is 2.14 bits per heavy atom. The van der Waals surface area contributed by atoms with Crippen molar-refractivity contribution in [2.75, 3.05) is 0 Å². The second-order valence-corrected chi connectivity index (χ2v) is 4.68. The van der Waals surface area contributed by atoms with Crippen molar-refractivity contribution in [2.24, 2.45) is 5.92 Å². The third-order valence-electron chi connectivity index (χ3n) is 2.21. The summed E-state index contributed by atoms with van der Waals surface area (Å²) in [5, 5.41) is 0.377. The molecular formula is C10H7BrClFO. The fraction of sp³-hybridized carbons (Fsp3) is 0.300. The minimum Gasteiger partial charge on any atom is -0.294 e. The number of carbonyl (C=O) groups excluding carboxylic acids is 1. The Kier molecular flexibility index (Phi) is 2.62. The average molecular weight is 278 g/mol. The van der Waals surface area contributed by atoms with Crippen LogP contribution in [-0.4, -0.2) is 5.78 Å². The van der Waals surface area contributed by atoms with Crippen LogP contribution in [0.25, 0.3) is 0 Å². The van der Waals surface area contributed by atoms with Crippen molar-refractivity contribution in [3.05, 3.63) is 33.0 Å². The number of ketones is 1. The predicted molar refractivity (Wildman–Crippen MR) is 56.2 cm³/mol. The molecule has 0 amide bonds. The minimum atomic E-state index is -0.508. The van der Waals surface area contributed by atoms with E-state index in [9.17, 15) is 9.18 Å². The molecule has 1 fully saturated rings. The topological polar surface area (TPSA) is 17.1 Å². The Morgan fingerprint density at radius 3 is 2.71 bits per heavy atom. The van der Waals surface area contributed by atoms with Crippen molar-refractivity contribution in [1.29, 1.82) is 0 Å². The molecule has 0 atom stereocenters. The smallest absolute Gasteiger partial charge is 0.168 e. The second kappa shape index (κ2) is 3.63. The molecule has 0 saturated heterocycles. The molecule has 0 spiro atoms. The second-order valence-electron chi connectivity index (χ2n) is 3.39. The lowest BCUT2D eigenvalue weighted by Gasteiger charge is -2.03. The molecular weight excluding hydrogens is 270 g/mol. The van der Waals surface area contributed by atoms with Gasteiger partial charge in [0.25, 0.3) is 0 Å². The number of benzene rings is 1. The van der Waals surface area contributed by atoms with E-state index in [2.05, 4.69) is 15.9 Å². The van der Waals surface area contributed by atoms with E-state index < -0.39 is 5.82 Å². The first-order valence-electron chi connectivity index (χ1n) is 4.28. The summed E-state index contributed by atoms with van der Waals surface area (Å²) >= 11 is 8.77. The van der Waals surface area contributed by atoms with E-state index in [4.69, 9.17) is 11.6 Å². The number of Topliss-reactive ketones (excluding diaryl/α,β-unsaturated/α-hetero) is 1. The maximum absolute atomic E-state index is 13.5. The largest absolute Gasteiger partial charge is 0.294 e. The highest BCUT2D eigenvalue weighted by atomic mass is 79.9. The van der Waals surface area contributed by atoms with Gasteiger partial charge in [0.15, 0.2) is 5.78 Å². The summed E-state index contributed by atoms with van der Waals surface area (Å²) in [7, 11) is 0. The van der Waals surface area contributed by atoms with Gasteiger partial charge in [-0.25, -0.2) is 4.39 Å².